The molecule has 0 aliphatic carbocycles. The smallest absolute Gasteiger partial charge is 0.319 e. The summed E-state index contributed by atoms with van der Waals surface area (Å²) in [5, 5.41) is 6.91. The third-order valence-electron chi connectivity index (χ3n) is 4.70. The molecule has 7 heteroatoms. The molecule has 156 valence electrons. The van der Waals surface area contributed by atoms with Crippen LogP contribution in [0.25, 0.3) is 10.8 Å². The van der Waals surface area contributed by atoms with Crippen LogP contribution in [-0.2, 0) is 6.42 Å². The number of anilines is 1. The lowest BCUT2D eigenvalue weighted by Gasteiger charge is -2.09. The fourth-order valence-corrected chi connectivity index (χ4v) is 3.13. The minimum atomic E-state index is -0.319. The van der Waals surface area contributed by atoms with Crippen molar-refractivity contribution in [1.82, 2.24) is 10.3 Å². The number of H-pyrrole nitrogens is 1. The fourth-order valence-electron chi connectivity index (χ4n) is 3.13. The van der Waals surface area contributed by atoms with Gasteiger partial charge >= 0.3 is 6.03 Å². The van der Waals surface area contributed by atoms with Crippen molar-refractivity contribution in [2.75, 3.05) is 11.9 Å². The largest absolute Gasteiger partial charge is 0.457 e. The van der Waals surface area contributed by atoms with Crippen LogP contribution in [0.4, 0.5) is 14.9 Å². The highest BCUT2D eigenvalue weighted by Crippen LogP contribution is 2.22. The normalized spacial score (nSPS) is 10.6. The average molecular weight is 417 g/mol. The van der Waals surface area contributed by atoms with Crippen LogP contribution < -0.4 is 20.9 Å². The molecule has 0 saturated heterocycles. The number of carbonyl (C=O) groups excluding carboxylic acids is 1. The van der Waals surface area contributed by atoms with Crippen molar-refractivity contribution in [3.05, 3.63) is 101 Å². The number of pyridine rings is 1. The summed E-state index contributed by atoms with van der Waals surface area (Å²) in [7, 11) is 0. The molecule has 3 aromatic carbocycles. The number of urea groups is 1. The molecule has 4 aromatic rings. The molecule has 6 nitrogen and oxygen atoms in total. The summed E-state index contributed by atoms with van der Waals surface area (Å²) in [5.74, 6) is 0.900. The molecule has 0 aliphatic heterocycles. The van der Waals surface area contributed by atoms with Crippen molar-refractivity contribution < 1.29 is 13.9 Å². The maximum atomic E-state index is 12.9. The number of ether oxygens (including phenoxy) is 1. The number of hydrogen-bond donors (Lipinski definition) is 3. The van der Waals surface area contributed by atoms with Gasteiger partial charge in [0.2, 0.25) is 0 Å². The minimum absolute atomic E-state index is 0.164. The second-order valence-electron chi connectivity index (χ2n) is 6.94. The van der Waals surface area contributed by atoms with Crippen LogP contribution in [0.5, 0.6) is 11.5 Å². The summed E-state index contributed by atoms with van der Waals surface area (Å²) >= 11 is 0. The first-order valence-electron chi connectivity index (χ1n) is 9.75. The van der Waals surface area contributed by atoms with E-state index in [2.05, 4.69) is 15.6 Å². The van der Waals surface area contributed by atoms with Gasteiger partial charge in [-0.3, -0.25) is 4.79 Å². The Hall–Kier alpha value is -4.13. The highest BCUT2D eigenvalue weighted by atomic mass is 19.1. The molecule has 0 atom stereocenters. The van der Waals surface area contributed by atoms with E-state index in [1.165, 1.54) is 12.1 Å². The Balaban J connectivity index is 1.26. The number of rotatable bonds is 6. The van der Waals surface area contributed by atoms with Gasteiger partial charge in [0.1, 0.15) is 17.3 Å². The first-order valence-corrected chi connectivity index (χ1v) is 9.75. The summed E-state index contributed by atoms with van der Waals surface area (Å²) in [6.07, 6.45) is 2.22. The van der Waals surface area contributed by atoms with Crippen LogP contribution >= 0.6 is 0 Å². The number of amides is 2. The van der Waals surface area contributed by atoms with E-state index in [9.17, 15) is 14.0 Å². The van der Waals surface area contributed by atoms with Crippen molar-refractivity contribution in [3.63, 3.8) is 0 Å². The molecule has 1 heterocycles. The predicted octanol–water partition coefficient (Wildman–Crippen LogP) is 4.82. The van der Waals surface area contributed by atoms with Crippen LogP contribution in [0, 0.1) is 5.82 Å². The molecule has 4 rings (SSSR count). The lowest BCUT2D eigenvalue weighted by Crippen LogP contribution is -2.30. The summed E-state index contributed by atoms with van der Waals surface area (Å²) in [6.45, 7) is 0.456. The van der Waals surface area contributed by atoms with Crippen molar-refractivity contribution in [3.8, 4) is 11.5 Å². The third-order valence-corrected chi connectivity index (χ3v) is 4.70. The lowest BCUT2D eigenvalue weighted by molar-refractivity contribution is 0.252. The average Bonchev–Trinajstić information content (AvgIpc) is 2.77. The number of aromatic nitrogens is 1. The van der Waals surface area contributed by atoms with E-state index < -0.39 is 0 Å². The van der Waals surface area contributed by atoms with Crippen molar-refractivity contribution in [2.45, 2.75) is 6.42 Å². The SMILES string of the molecule is O=C(NCCc1ccc(Oc2ccc(F)cc2)cc1)Nc1ccc2c(=O)[nH]ccc2c1. The monoisotopic (exact) mass is 417 g/mol. The number of hydrogen-bond acceptors (Lipinski definition) is 3. The molecule has 0 radical (unpaired) electrons. The number of fused-ring (bicyclic) bond motifs is 1. The molecule has 2 amide bonds. The zero-order valence-electron chi connectivity index (χ0n) is 16.5. The van der Waals surface area contributed by atoms with E-state index in [0.29, 0.717) is 35.5 Å². The van der Waals surface area contributed by atoms with Gasteiger partial charge in [-0.1, -0.05) is 12.1 Å². The molecule has 0 aliphatic rings. The first kappa shape index (κ1) is 20.2. The predicted molar refractivity (Wildman–Crippen MR) is 118 cm³/mol. The zero-order chi connectivity index (χ0) is 21.6. The zero-order valence-corrected chi connectivity index (χ0v) is 16.5. The van der Waals surface area contributed by atoms with Gasteiger partial charge in [0.15, 0.2) is 0 Å². The molecular weight excluding hydrogens is 397 g/mol. The summed E-state index contributed by atoms with van der Waals surface area (Å²) in [6, 6.07) is 19.9. The Kier molecular flexibility index (Phi) is 5.93. The summed E-state index contributed by atoms with van der Waals surface area (Å²) in [4.78, 5) is 26.5. The molecule has 0 saturated carbocycles. The van der Waals surface area contributed by atoms with E-state index in [-0.39, 0.29) is 17.4 Å². The standard InChI is InChI=1S/C24H20FN3O3/c25-18-3-8-21(9-4-18)31-20-6-1-16(2-7-20)11-13-27-24(30)28-19-5-10-22-17(15-19)12-14-26-23(22)29/h1-10,12,14-15H,11,13H2,(H,26,29)(H2,27,28,30). The number of benzene rings is 3. The molecular formula is C24H20FN3O3. The van der Waals surface area contributed by atoms with Gasteiger partial charge in [-0.25, -0.2) is 9.18 Å². The van der Waals surface area contributed by atoms with E-state index in [1.807, 2.05) is 24.3 Å². The third kappa shape index (κ3) is 5.27. The van der Waals surface area contributed by atoms with E-state index in [1.54, 1.807) is 42.6 Å². The van der Waals surface area contributed by atoms with Gasteiger partial charge in [-0.15, -0.1) is 0 Å². The summed E-state index contributed by atoms with van der Waals surface area (Å²) in [5.41, 5.74) is 1.48. The van der Waals surface area contributed by atoms with Crippen LogP contribution in [-0.4, -0.2) is 17.6 Å². The van der Waals surface area contributed by atoms with E-state index in [0.717, 1.165) is 10.9 Å². The van der Waals surface area contributed by atoms with Crippen LogP contribution in [0.15, 0.2) is 83.8 Å². The van der Waals surface area contributed by atoms with Gasteiger partial charge < -0.3 is 20.4 Å². The van der Waals surface area contributed by atoms with Crippen LogP contribution in [0.1, 0.15) is 5.56 Å². The quantitative estimate of drug-likeness (QED) is 0.420. The van der Waals surface area contributed by atoms with E-state index in [4.69, 9.17) is 4.74 Å². The second kappa shape index (κ2) is 9.13. The van der Waals surface area contributed by atoms with Gasteiger partial charge in [0, 0.05) is 23.8 Å². The van der Waals surface area contributed by atoms with Crippen LogP contribution in [0.2, 0.25) is 0 Å². The maximum absolute atomic E-state index is 12.9. The van der Waals surface area contributed by atoms with Gasteiger partial charge in [-0.2, -0.15) is 0 Å². The van der Waals surface area contributed by atoms with Gasteiger partial charge in [-0.05, 0) is 78.0 Å². The number of halogens is 1. The maximum Gasteiger partial charge on any atom is 0.319 e. The molecule has 0 fully saturated rings. The van der Waals surface area contributed by atoms with Crippen LogP contribution in [0.3, 0.4) is 0 Å². The van der Waals surface area contributed by atoms with Crippen molar-refractivity contribution in [2.24, 2.45) is 0 Å². The highest BCUT2D eigenvalue weighted by Gasteiger charge is 2.05. The van der Waals surface area contributed by atoms with Crippen molar-refractivity contribution >= 4 is 22.5 Å². The molecule has 0 bridgehead atoms. The Morgan fingerprint density at radius 2 is 1.65 bits per heavy atom. The minimum Gasteiger partial charge on any atom is -0.457 e. The Morgan fingerprint density at radius 1 is 0.935 bits per heavy atom. The molecule has 0 unspecified atom stereocenters. The molecule has 0 spiro atoms. The number of aromatic amines is 1. The molecule has 31 heavy (non-hydrogen) atoms. The Bertz CT molecular complexity index is 1250. The second-order valence-corrected chi connectivity index (χ2v) is 6.94. The number of nitrogens with one attached hydrogen (secondary N) is 3. The highest BCUT2D eigenvalue weighted by molar-refractivity contribution is 5.93. The van der Waals surface area contributed by atoms with E-state index >= 15 is 0 Å². The van der Waals surface area contributed by atoms with Gasteiger partial charge in [0.25, 0.3) is 5.56 Å². The fraction of sp³-hybridized carbons (Fsp3) is 0.0833. The topological polar surface area (TPSA) is 83.2 Å². The van der Waals surface area contributed by atoms with Gasteiger partial charge in [0.05, 0.1) is 0 Å². The lowest BCUT2D eigenvalue weighted by atomic mass is 10.1. The van der Waals surface area contributed by atoms with Crippen molar-refractivity contribution in [1.29, 1.82) is 0 Å². The Labute approximate surface area is 177 Å². The number of carbonyl (C=O) groups is 1. The first-order chi connectivity index (χ1) is 15.1. The molecule has 3 N–H and O–H groups in total. The molecule has 1 aromatic heterocycles. The summed E-state index contributed by atoms with van der Waals surface area (Å²) < 4.78 is 18.6. The Morgan fingerprint density at radius 3 is 2.39 bits per heavy atom.